The van der Waals surface area contributed by atoms with Crippen LogP contribution in [0.15, 0.2) is 23.2 Å². The van der Waals surface area contributed by atoms with Gasteiger partial charge in [-0.2, -0.15) is 0 Å². The van der Waals surface area contributed by atoms with E-state index in [1.54, 1.807) is 6.92 Å². The highest BCUT2D eigenvalue weighted by Gasteiger charge is 2.32. The number of likely N-dealkylation sites (N-methyl/N-ethyl adjacent to an activating group) is 1. The van der Waals surface area contributed by atoms with Crippen LogP contribution in [-0.2, 0) is 26.7 Å². The molecule has 0 radical (unpaired) electrons. The second-order valence-electron chi connectivity index (χ2n) is 8.02. The number of hydrogen-bond donors (Lipinski definition) is 3. The number of hydrogen-bond acceptors (Lipinski definition) is 5. The first kappa shape index (κ1) is 27.5. The monoisotopic (exact) mass is 549 g/mol. The van der Waals surface area contributed by atoms with E-state index >= 15 is 0 Å². The summed E-state index contributed by atoms with van der Waals surface area (Å²) in [5.41, 5.74) is -0.713. The predicted molar refractivity (Wildman–Crippen MR) is 123 cm³/mol. The molecule has 10 nitrogen and oxygen atoms in total. The molecule has 1 aliphatic heterocycles. The van der Waals surface area contributed by atoms with Crippen LogP contribution in [0.4, 0.5) is 18.9 Å². The van der Waals surface area contributed by atoms with E-state index in [0.29, 0.717) is 18.7 Å². The Morgan fingerprint density at radius 1 is 1.11 bits per heavy atom. The van der Waals surface area contributed by atoms with Gasteiger partial charge >= 0.3 is 11.8 Å². The van der Waals surface area contributed by atoms with Gasteiger partial charge in [-0.05, 0) is 19.8 Å². The summed E-state index contributed by atoms with van der Waals surface area (Å²) < 4.78 is 69.6. The number of amides is 3. The SMILES string of the molecule is CCNC(=O)C(=O)N1CCC(NS(=O)(=O)c2cn(C)c(C(=O)Nc3cc(F)c(F)c(F)c3)c2Cl)CC1. The number of benzene rings is 1. The molecule has 1 aromatic heterocycles. The number of carbonyl (C=O) groups excluding carboxylic acids is 3. The van der Waals surface area contributed by atoms with Gasteiger partial charge in [0.05, 0.1) is 5.02 Å². The third kappa shape index (κ3) is 5.82. The predicted octanol–water partition coefficient (Wildman–Crippen LogP) is 1.75. The number of anilines is 1. The zero-order valence-corrected chi connectivity index (χ0v) is 20.8. The molecule has 15 heteroatoms. The largest absolute Gasteiger partial charge is 0.348 e. The highest BCUT2D eigenvalue weighted by molar-refractivity contribution is 7.89. The molecule has 0 aliphatic carbocycles. The van der Waals surface area contributed by atoms with Crippen molar-refractivity contribution < 1.29 is 36.0 Å². The van der Waals surface area contributed by atoms with E-state index in [2.05, 4.69) is 15.4 Å². The van der Waals surface area contributed by atoms with Crippen molar-refractivity contribution >= 4 is 45.0 Å². The average Bonchev–Trinajstić information content (AvgIpc) is 3.12. The minimum atomic E-state index is -4.22. The van der Waals surface area contributed by atoms with Crippen molar-refractivity contribution in [3.8, 4) is 0 Å². The first-order valence-electron chi connectivity index (χ1n) is 10.8. The maximum absolute atomic E-state index is 13.5. The van der Waals surface area contributed by atoms with Gasteiger partial charge in [0, 0.05) is 56.7 Å². The molecule has 3 amide bonds. The van der Waals surface area contributed by atoms with E-state index in [1.165, 1.54) is 11.9 Å². The number of rotatable bonds is 6. The lowest BCUT2D eigenvalue weighted by Crippen LogP contribution is -2.50. The van der Waals surface area contributed by atoms with E-state index < -0.39 is 66.8 Å². The Hall–Kier alpha value is -3.10. The van der Waals surface area contributed by atoms with E-state index in [-0.39, 0.29) is 31.6 Å². The van der Waals surface area contributed by atoms with Crippen molar-refractivity contribution in [3.05, 3.63) is 46.5 Å². The first-order chi connectivity index (χ1) is 16.9. The topological polar surface area (TPSA) is 130 Å². The fourth-order valence-corrected chi connectivity index (χ4v) is 5.70. The number of halogens is 4. The molecule has 0 spiro atoms. The van der Waals surface area contributed by atoms with Crippen LogP contribution >= 0.6 is 11.6 Å². The molecular formula is C21H23ClF3N5O5S. The summed E-state index contributed by atoms with van der Waals surface area (Å²) in [4.78, 5) is 37.4. The van der Waals surface area contributed by atoms with Gasteiger partial charge in [0.1, 0.15) is 10.6 Å². The summed E-state index contributed by atoms with van der Waals surface area (Å²) in [6, 6.07) is 0.567. The van der Waals surface area contributed by atoms with Crippen molar-refractivity contribution in [2.24, 2.45) is 7.05 Å². The molecule has 3 N–H and O–H groups in total. The van der Waals surface area contributed by atoms with Crippen LogP contribution in [0.2, 0.25) is 5.02 Å². The zero-order chi connectivity index (χ0) is 26.8. The molecule has 1 fully saturated rings. The maximum atomic E-state index is 13.5. The molecule has 1 aromatic carbocycles. The first-order valence-corrected chi connectivity index (χ1v) is 12.6. The van der Waals surface area contributed by atoms with Crippen molar-refractivity contribution in [2.45, 2.75) is 30.7 Å². The van der Waals surface area contributed by atoms with Crippen LogP contribution < -0.4 is 15.4 Å². The molecular weight excluding hydrogens is 527 g/mol. The average molecular weight is 550 g/mol. The van der Waals surface area contributed by atoms with Gasteiger partial charge in [-0.15, -0.1) is 0 Å². The maximum Gasteiger partial charge on any atom is 0.311 e. The minimum absolute atomic E-state index is 0.157. The van der Waals surface area contributed by atoms with Crippen LogP contribution in [0.5, 0.6) is 0 Å². The van der Waals surface area contributed by atoms with Gasteiger partial charge in [0.15, 0.2) is 17.5 Å². The van der Waals surface area contributed by atoms with Gasteiger partial charge < -0.3 is 20.1 Å². The van der Waals surface area contributed by atoms with Gasteiger partial charge in [-0.25, -0.2) is 26.3 Å². The number of aromatic nitrogens is 1. The molecule has 0 bridgehead atoms. The van der Waals surface area contributed by atoms with Crippen LogP contribution in [0.3, 0.4) is 0 Å². The Balaban J connectivity index is 1.71. The second-order valence-corrected chi connectivity index (χ2v) is 10.1. The number of likely N-dealkylation sites (tertiary alicyclic amines) is 1. The fraction of sp³-hybridized carbons (Fsp3) is 0.381. The molecule has 0 atom stereocenters. The van der Waals surface area contributed by atoms with E-state index in [9.17, 15) is 36.0 Å². The fourth-order valence-electron chi connectivity index (χ4n) is 3.70. The van der Waals surface area contributed by atoms with Crippen molar-refractivity contribution in [2.75, 3.05) is 25.0 Å². The van der Waals surface area contributed by atoms with Gasteiger partial charge in [-0.1, -0.05) is 11.6 Å². The van der Waals surface area contributed by atoms with Crippen LogP contribution in [-0.4, -0.2) is 61.3 Å². The molecule has 3 rings (SSSR count). The summed E-state index contributed by atoms with van der Waals surface area (Å²) in [6.45, 7) is 2.29. The van der Waals surface area contributed by atoms with Gasteiger partial charge in [0.25, 0.3) is 5.91 Å². The Morgan fingerprint density at radius 2 is 1.69 bits per heavy atom. The van der Waals surface area contributed by atoms with Crippen LogP contribution in [0.1, 0.15) is 30.3 Å². The number of nitrogens with zero attached hydrogens (tertiary/aromatic N) is 2. The highest BCUT2D eigenvalue weighted by Crippen LogP contribution is 2.29. The summed E-state index contributed by atoms with van der Waals surface area (Å²) in [6.07, 6.45) is 1.58. The molecule has 0 saturated carbocycles. The smallest absolute Gasteiger partial charge is 0.311 e. The Labute approximate surface area is 209 Å². The second kappa shape index (κ2) is 10.9. The summed E-state index contributed by atoms with van der Waals surface area (Å²) in [5.74, 6) is -7.15. The molecule has 1 saturated heterocycles. The third-order valence-corrected chi connectivity index (χ3v) is 7.50. The normalized spacial score (nSPS) is 14.6. The Morgan fingerprint density at radius 3 is 2.25 bits per heavy atom. The standard InChI is InChI=1S/C21H23ClF3N5O5S/c1-3-26-20(32)21(33)30-6-4-11(5-7-30)28-36(34,35)15-10-29(2)18(16(15)22)19(31)27-12-8-13(23)17(25)14(24)9-12/h8-11,28H,3-7H2,1-2H3,(H,26,32)(H,27,31). The zero-order valence-electron chi connectivity index (χ0n) is 19.2. The number of sulfonamides is 1. The molecule has 1 aliphatic rings. The number of piperidine rings is 1. The van der Waals surface area contributed by atoms with E-state index in [4.69, 9.17) is 11.6 Å². The molecule has 2 aromatic rings. The van der Waals surface area contributed by atoms with Gasteiger partial charge in [-0.3, -0.25) is 14.4 Å². The number of carbonyl (C=O) groups is 3. The lowest BCUT2D eigenvalue weighted by molar-refractivity contribution is -0.146. The Bertz CT molecular complexity index is 1290. The molecule has 36 heavy (non-hydrogen) atoms. The van der Waals surface area contributed by atoms with E-state index in [1.807, 2.05) is 0 Å². The highest BCUT2D eigenvalue weighted by atomic mass is 35.5. The van der Waals surface area contributed by atoms with Crippen LogP contribution in [0, 0.1) is 17.5 Å². The summed E-state index contributed by atoms with van der Waals surface area (Å²) >= 11 is 6.20. The van der Waals surface area contributed by atoms with Crippen molar-refractivity contribution in [1.82, 2.24) is 19.5 Å². The Kier molecular flexibility index (Phi) is 8.31. The molecule has 0 unspecified atom stereocenters. The van der Waals surface area contributed by atoms with E-state index in [0.717, 1.165) is 10.8 Å². The minimum Gasteiger partial charge on any atom is -0.348 e. The van der Waals surface area contributed by atoms with Crippen molar-refractivity contribution in [1.29, 1.82) is 0 Å². The summed E-state index contributed by atoms with van der Waals surface area (Å²) in [5, 5.41) is 4.13. The lowest BCUT2D eigenvalue weighted by atomic mass is 10.1. The number of nitrogens with one attached hydrogen (secondary N) is 3. The lowest BCUT2D eigenvalue weighted by Gasteiger charge is -2.31. The van der Waals surface area contributed by atoms with Crippen molar-refractivity contribution in [3.63, 3.8) is 0 Å². The van der Waals surface area contributed by atoms with Crippen LogP contribution in [0.25, 0.3) is 0 Å². The third-order valence-electron chi connectivity index (χ3n) is 5.47. The number of aryl methyl sites for hydroxylation is 1. The molecule has 2 heterocycles. The van der Waals surface area contributed by atoms with Gasteiger partial charge in [0.2, 0.25) is 10.0 Å². The molecule has 196 valence electrons. The summed E-state index contributed by atoms with van der Waals surface area (Å²) in [7, 11) is -2.87. The quantitative estimate of drug-likeness (QED) is 0.373.